The molecule has 2 saturated heterocycles. The topological polar surface area (TPSA) is 58.2 Å². The van der Waals surface area contributed by atoms with Gasteiger partial charge in [0.05, 0.1) is 17.1 Å². The Morgan fingerprint density at radius 1 is 1.21 bits per heavy atom. The summed E-state index contributed by atoms with van der Waals surface area (Å²) in [5, 5.41) is 0. The summed E-state index contributed by atoms with van der Waals surface area (Å²) >= 11 is 0. The lowest BCUT2D eigenvalue weighted by atomic mass is 10.0. The third kappa shape index (κ3) is 2.71. The van der Waals surface area contributed by atoms with Gasteiger partial charge in [0.15, 0.2) is 0 Å². The molecule has 2 aliphatic heterocycles. The van der Waals surface area contributed by atoms with E-state index in [0.717, 1.165) is 55.5 Å². The van der Waals surface area contributed by atoms with Gasteiger partial charge in [0.1, 0.15) is 11.9 Å². The van der Waals surface area contributed by atoms with E-state index in [-0.39, 0.29) is 18.1 Å². The van der Waals surface area contributed by atoms with Crippen molar-refractivity contribution in [1.82, 2.24) is 14.9 Å². The molecule has 5 nitrogen and oxygen atoms in total. The molecule has 128 valence electrons. The van der Waals surface area contributed by atoms with Crippen molar-refractivity contribution in [3.05, 3.63) is 29.1 Å². The number of amides is 1. The maximum atomic E-state index is 12.9. The number of imidazole rings is 1. The first-order valence-corrected chi connectivity index (χ1v) is 9.02. The minimum atomic E-state index is -0.250. The summed E-state index contributed by atoms with van der Waals surface area (Å²) in [6.45, 7) is 5.73. The number of nitrogens with zero attached hydrogens (tertiary/aromatic N) is 2. The van der Waals surface area contributed by atoms with Gasteiger partial charge in [0, 0.05) is 13.2 Å². The average molecular weight is 327 g/mol. The van der Waals surface area contributed by atoms with Crippen LogP contribution < -0.4 is 0 Å². The zero-order valence-corrected chi connectivity index (χ0v) is 14.5. The van der Waals surface area contributed by atoms with E-state index >= 15 is 0 Å². The van der Waals surface area contributed by atoms with Crippen molar-refractivity contribution in [3.63, 3.8) is 0 Å². The number of piperidine rings is 1. The quantitative estimate of drug-likeness (QED) is 0.919. The summed E-state index contributed by atoms with van der Waals surface area (Å²) in [6, 6.07) is 4.32. The highest BCUT2D eigenvalue weighted by atomic mass is 16.5. The van der Waals surface area contributed by atoms with Crippen molar-refractivity contribution in [1.29, 1.82) is 0 Å². The van der Waals surface area contributed by atoms with E-state index in [9.17, 15) is 4.79 Å². The van der Waals surface area contributed by atoms with Crippen LogP contribution in [0.15, 0.2) is 12.1 Å². The molecular formula is C19H25N3O2. The van der Waals surface area contributed by atoms with Crippen molar-refractivity contribution >= 4 is 16.9 Å². The summed E-state index contributed by atoms with van der Waals surface area (Å²) in [4.78, 5) is 23.1. The molecular weight excluding hydrogens is 302 g/mol. The number of hydrogen-bond donors (Lipinski definition) is 1. The number of carbonyl (C=O) groups is 1. The van der Waals surface area contributed by atoms with Crippen LogP contribution in [0.3, 0.4) is 0 Å². The standard InChI is InChI=1S/C19H25N3O2/c1-12-10-14-15(11-13(12)2)21-18(20-14)16-6-3-4-8-22(16)19(23)17-7-5-9-24-17/h10-11,16-17H,3-9H2,1-2H3,(H,20,21)/t16-,17-/m1/s1. The van der Waals surface area contributed by atoms with E-state index in [4.69, 9.17) is 9.72 Å². The predicted molar refractivity (Wildman–Crippen MR) is 92.8 cm³/mol. The lowest BCUT2D eigenvalue weighted by Gasteiger charge is -2.35. The summed E-state index contributed by atoms with van der Waals surface area (Å²) in [5.41, 5.74) is 4.55. The molecule has 3 heterocycles. The average Bonchev–Trinajstić information content (AvgIpc) is 3.24. The fraction of sp³-hybridized carbons (Fsp3) is 0.579. The molecule has 2 fully saturated rings. The molecule has 2 aromatic rings. The molecule has 1 aromatic carbocycles. The normalized spacial score (nSPS) is 24.7. The van der Waals surface area contributed by atoms with Crippen molar-refractivity contribution in [2.75, 3.05) is 13.2 Å². The summed E-state index contributed by atoms with van der Waals surface area (Å²) in [7, 11) is 0. The lowest BCUT2D eigenvalue weighted by molar-refractivity contribution is -0.145. The van der Waals surface area contributed by atoms with E-state index in [0.29, 0.717) is 6.61 Å². The van der Waals surface area contributed by atoms with Gasteiger partial charge in [-0.05, 0) is 69.2 Å². The second-order valence-corrected chi connectivity index (χ2v) is 7.12. The van der Waals surface area contributed by atoms with E-state index in [1.165, 1.54) is 11.1 Å². The summed E-state index contributed by atoms with van der Waals surface area (Å²) in [6.07, 6.45) is 4.75. The molecule has 24 heavy (non-hydrogen) atoms. The van der Waals surface area contributed by atoms with Gasteiger partial charge in [0.2, 0.25) is 0 Å². The van der Waals surface area contributed by atoms with Gasteiger partial charge < -0.3 is 14.6 Å². The molecule has 0 bridgehead atoms. The van der Waals surface area contributed by atoms with Crippen LogP contribution in [0.1, 0.15) is 55.1 Å². The number of aryl methyl sites for hydroxylation is 2. The van der Waals surface area contributed by atoms with Gasteiger partial charge in [0.25, 0.3) is 5.91 Å². The van der Waals surface area contributed by atoms with Gasteiger partial charge in [-0.1, -0.05) is 0 Å². The number of aromatic nitrogens is 2. The summed E-state index contributed by atoms with van der Waals surface area (Å²) < 4.78 is 5.62. The van der Waals surface area contributed by atoms with Gasteiger partial charge in [-0.25, -0.2) is 4.98 Å². The number of H-pyrrole nitrogens is 1. The molecule has 4 rings (SSSR count). The Kier molecular flexibility index (Phi) is 4.04. The van der Waals surface area contributed by atoms with Gasteiger partial charge >= 0.3 is 0 Å². The molecule has 0 radical (unpaired) electrons. The maximum absolute atomic E-state index is 12.9. The van der Waals surface area contributed by atoms with Crippen LogP contribution in [0.2, 0.25) is 0 Å². The zero-order chi connectivity index (χ0) is 16.7. The first-order chi connectivity index (χ1) is 11.6. The number of fused-ring (bicyclic) bond motifs is 1. The number of ether oxygens (including phenoxy) is 1. The number of hydrogen-bond acceptors (Lipinski definition) is 3. The van der Waals surface area contributed by atoms with Crippen LogP contribution in [0.25, 0.3) is 11.0 Å². The van der Waals surface area contributed by atoms with Gasteiger partial charge in [-0.2, -0.15) is 0 Å². The van der Waals surface area contributed by atoms with E-state index in [2.05, 4.69) is 31.0 Å². The number of benzene rings is 1. The van der Waals surface area contributed by atoms with E-state index in [1.807, 2.05) is 4.90 Å². The van der Waals surface area contributed by atoms with E-state index < -0.39 is 0 Å². The smallest absolute Gasteiger partial charge is 0.252 e. The van der Waals surface area contributed by atoms with Crippen molar-refractivity contribution < 1.29 is 9.53 Å². The Balaban J connectivity index is 1.66. The van der Waals surface area contributed by atoms with Crippen LogP contribution in [-0.4, -0.2) is 40.0 Å². The number of carbonyl (C=O) groups excluding carboxylic acids is 1. The second-order valence-electron chi connectivity index (χ2n) is 7.12. The summed E-state index contributed by atoms with van der Waals surface area (Å²) in [5.74, 6) is 1.06. The maximum Gasteiger partial charge on any atom is 0.252 e. The molecule has 0 aliphatic carbocycles. The van der Waals surface area contributed by atoms with Gasteiger partial charge in [-0.3, -0.25) is 4.79 Å². The van der Waals surface area contributed by atoms with Crippen LogP contribution in [0, 0.1) is 13.8 Å². The largest absolute Gasteiger partial charge is 0.368 e. The number of likely N-dealkylation sites (tertiary alicyclic amines) is 1. The highest BCUT2D eigenvalue weighted by Gasteiger charge is 2.35. The Morgan fingerprint density at radius 2 is 2.04 bits per heavy atom. The van der Waals surface area contributed by atoms with Crippen LogP contribution in [0.4, 0.5) is 0 Å². The fourth-order valence-electron chi connectivity index (χ4n) is 3.88. The lowest BCUT2D eigenvalue weighted by Crippen LogP contribution is -2.44. The Hall–Kier alpha value is -1.88. The highest BCUT2D eigenvalue weighted by Crippen LogP contribution is 2.32. The van der Waals surface area contributed by atoms with Crippen LogP contribution in [0.5, 0.6) is 0 Å². The first kappa shape index (κ1) is 15.6. The number of rotatable bonds is 2. The number of aromatic amines is 1. The third-order valence-electron chi connectivity index (χ3n) is 5.42. The monoisotopic (exact) mass is 327 g/mol. The fourth-order valence-corrected chi connectivity index (χ4v) is 3.88. The Morgan fingerprint density at radius 3 is 2.83 bits per heavy atom. The zero-order valence-electron chi connectivity index (χ0n) is 14.5. The minimum Gasteiger partial charge on any atom is -0.368 e. The molecule has 0 spiro atoms. The molecule has 0 unspecified atom stereocenters. The molecule has 1 aromatic heterocycles. The van der Waals surface area contributed by atoms with E-state index in [1.54, 1.807) is 0 Å². The van der Waals surface area contributed by atoms with Crippen molar-refractivity contribution in [2.45, 2.75) is 58.1 Å². The minimum absolute atomic E-state index is 0.0449. The van der Waals surface area contributed by atoms with Crippen LogP contribution >= 0.6 is 0 Å². The van der Waals surface area contributed by atoms with Crippen molar-refractivity contribution in [2.24, 2.45) is 0 Å². The van der Waals surface area contributed by atoms with Gasteiger partial charge in [-0.15, -0.1) is 0 Å². The van der Waals surface area contributed by atoms with Crippen molar-refractivity contribution in [3.8, 4) is 0 Å². The predicted octanol–water partition coefficient (Wildman–Crippen LogP) is 3.41. The molecule has 5 heteroatoms. The number of nitrogens with one attached hydrogen (secondary N) is 1. The van der Waals surface area contributed by atoms with Crippen LogP contribution in [-0.2, 0) is 9.53 Å². The molecule has 1 amide bonds. The molecule has 1 N–H and O–H groups in total. The second kappa shape index (κ2) is 6.20. The molecule has 2 aliphatic rings. The Bertz CT molecular complexity index is 722. The first-order valence-electron chi connectivity index (χ1n) is 9.02. The molecule has 0 saturated carbocycles. The Labute approximate surface area is 142 Å². The highest BCUT2D eigenvalue weighted by molar-refractivity contribution is 5.82. The third-order valence-corrected chi connectivity index (χ3v) is 5.42. The SMILES string of the molecule is Cc1cc2nc([C@H]3CCCCN3C(=O)[C@H]3CCCO3)[nH]c2cc1C. The molecule has 2 atom stereocenters.